The summed E-state index contributed by atoms with van der Waals surface area (Å²) in [4.78, 5) is 8.64. The van der Waals surface area contributed by atoms with Crippen molar-refractivity contribution in [3.05, 3.63) is 48.3 Å². The molecule has 2 heterocycles. The minimum Gasteiger partial charge on any atom is -0.335 e. The van der Waals surface area contributed by atoms with Gasteiger partial charge in [-0.15, -0.1) is 0 Å². The minimum absolute atomic E-state index is 0.391. The van der Waals surface area contributed by atoms with Gasteiger partial charge in [-0.05, 0) is 31.5 Å². The first-order valence-corrected chi connectivity index (χ1v) is 6.89. The topological polar surface area (TPSA) is 42.7 Å². The molecule has 0 amide bonds. The smallest absolute Gasteiger partial charge is 0.110 e. The van der Waals surface area contributed by atoms with E-state index in [1.165, 1.54) is 5.56 Å². The molecule has 0 aliphatic rings. The van der Waals surface area contributed by atoms with Crippen molar-refractivity contribution in [2.45, 2.75) is 38.8 Å². The maximum Gasteiger partial charge on any atom is 0.110 e. The van der Waals surface area contributed by atoms with Crippen molar-refractivity contribution in [2.24, 2.45) is 0 Å². The molecule has 0 saturated carbocycles. The summed E-state index contributed by atoms with van der Waals surface area (Å²) in [5.41, 5.74) is 1.26. The van der Waals surface area contributed by atoms with E-state index < -0.39 is 0 Å². The third-order valence-corrected chi connectivity index (χ3v) is 3.31. The zero-order valence-corrected chi connectivity index (χ0v) is 11.7. The van der Waals surface area contributed by atoms with E-state index in [0.29, 0.717) is 6.04 Å². The molecule has 0 aliphatic heterocycles. The summed E-state index contributed by atoms with van der Waals surface area (Å²) < 4.78 is 2.24. The lowest BCUT2D eigenvalue weighted by Crippen LogP contribution is -2.31. The van der Waals surface area contributed by atoms with Crippen LogP contribution in [0, 0.1) is 0 Å². The average molecular weight is 258 g/mol. The number of pyridine rings is 1. The van der Waals surface area contributed by atoms with Gasteiger partial charge in [0.15, 0.2) is 0 Å². The van der Waals surface area contributed by atoms with Gasteiger partial charge < -0.3 is 9.88 Å². The van der Waals surface area contributed by atoms with Crippen molar-refractivity contribution < 1.29 is 0 Å². The van der Waals surface area contributed by atoms with E-state index in [9.17, 15) is 0 Å². The van der Waals surface area contributed by atoms with Gasteiger partial charge in [0.1, 0.15) is 5.82 Å². The molecule has 0 aromatic carbocycles. The third kappa shape index (κ3) is 3.89. The van der Waals surface area contributed by atoms with Crippen molar-refractivity contribution in [1.82, 2.24) is 19.9 Å². The van der Waals surface area contributed by atoms with Crippen LogP contribution in [0.1, 0.15) is 24.7 Å². The monoisotopic (exact) mass is 258 g/mol. The quantitative estimate of drug-likeness (QED) is 0.826. The van der Waals surface area contributed by atoms with E-state index >= 15 is 0 Å². The van der Waals surface area contributed by atoms with Crippen LogP contribution < -0.4 is 5.32 Å². The van der Waals surface area contributed by atoms with Crippen LogP contribution in [0.5, 0.6) is 0 Å². The molecule has 2 aromatic heterocycles. The van der Waals surface area contributed by atoms with Gasteiger partial charge in [0.25, 0.3) is 0 Å². The molecule has 0 saturated heterocycles. The summed E-state index contributed by atoms with van der Waals surface area (Å²) in [7, 11) is 2.01. The summed E-state index contributed by atoms with van der Waals surface area (Å²) in [5.74, 6) is 1.16. The largest absolute Gasteiger partial charge is 0.335 e. The normalized spacial score (nSPS) is 12.5. The van der Waals surface area contributed by atoms with Gasteiger partial charge in [-0.25, -0.2) is 4.98 Å². The van der Waals surface area contributed by atoms with E-state index in [4.69, 9.17) is 0 Å². The SMILES string of the molecule is CCCn1ccnc1CC(Cc1cccnc1)NC. The van der Waals surface area contributed by atoms with Crippen LogP contribution in [0.4, 0.5) is 0 Å². The molecule has 19 heavy (non-hydrogen) atoms. The predicted octanol–water partition coefficient (Wildman–Crippen LogP) is 2.06. The van der Waals surface area contributed by atoms with Crippen LogP contribution in [0.2, 0.25) is 0 Å². The standard InChI is InChI=1S/C15H22N4/c1-3-8-19-9-7-18-15(19)11-14(16-2)10-13-5-4-6-17-12-13/h4-7,9,12,14,16H,3,8,10-11H2,1-2H3. The summed E-state index contributed by atoms with van der Waals surface area (Å²) in [5, 5.41) is 3.38. The zero-order chi connectivity index (χ0) is 13.5. The molecule has 0 aliphatic carbocycles. The summed E-state index contributed by atoms with van der Waals surface area (Å²) >= 11 is 0. The third-order valence-electron chi connectivity index (χ3n) is 3.31. The Morgan fingerprint density at radius 2 is 2.21 bits per heavy atom. The highest BCUT2D eigenvalue weighted by Crippen LogP contribution is 2.08. The van der Waals surface area contributed by atoms with Gasteiger partial charge in [-0.3, -0.25) is 4.98 Å². The molecule has 0 radical (unpaired) electrons. The van der Waals surface area contributed by atoms with Gasteiger partial charge in [0.2, 0.25) is 0 Å². The molecule has 1 unspecified atom stereocenters. The lowest BCUT2D eigenvalue weighted by molar-refractivity contribution is 0.520. The number of hydrogen-bond donors (Lipinski definition) is 1. The molecule has 1 atom stereocenters. The molecule has 102 valence electrons. The van der Waals surface area contributed by atoms with Crippen molar-refractivity contribution in [1.29, 1.82) is 0 Å². The van der Waals surface area contributed by atoms with Crippen molar-refractivity contribution in [3.63, 3.8) is 0 Å². The number of nitrogens with one attached hydrogen (secondary N) is 1. The molecule has 4 nitrogen and oxygen atoms in total. The molecule has 0 bridgehead atoms. The molecular weight excluding hydrogens is 236 g/mol. The Morgan fingerprint density at radius 3 is 2.89 bits per heavy atom. The molecule has 4 heteroatoms. The fourth-order valence-electron chi connectivity index (χ4n) is 2.27. The fourth-order valence-corrected chi connectivity index (χ4v) is 2.27. The highest BCUT2D eigenvalue weighted by atomic mass is 15.1. The second-order valence-electron chi connectivity index (χ2n) is 4.79. The molecular formula is C15H22N4. The lowest BCUT2D eigenvalue weighted by atomic mass is 10.0. The van der Waals surface area contributed by atoms with E-state index in [1.807, 2.05) is 31.7 Å². The van der Waals surface area contributed by atoms with E-state index in [1.54, 1.807) is 0 Å². The molecule has 0 spiro atoms. The van der Waals surface area contributed by atoms with E-state index in [2.05, 4.69) is 39.0 Å². The Hall–Kier alpha value is -1.68. The number of rotatable bonds is 7. The van der Waals surface area contributed by atoms with Crippen LogP contribution in [0.15, 0.2) is 36.9 Å². The van der Waals surface area contributed by atoms with Crippen LogP contribution in [-0.4, -0.2) is 27.6 Å². The fraction of sp³-hybridized carbons (Fsp3) is 0.467. The first-order valence-electron chi connectivity index (χ1n) is 6.89. The minimum atomic E-state index is 0.391. The number of aryl methyl sites for hydroxylation is 1. The number of aromatic nitrogens is 3. The number of likely N-dealkylation sites (N-methyl/N-ethyl adjacent to an activating group) is 1. The second kappa shape index (κ2) is 7.04. The predicted molar refractivity (Wildman–Crippen MR) is 77.0 cm³/mol. The molecule has 1 N–H and O–H groups in total. The molecule has 2 aromatic rings. The molecule has 2 rings (SSSR count). The summed E-state index contributed by atoms with van der Waals surface area (Å²) in [6.07, 6.45) is 10.8. The first kappa shape index (κ1) is 13.7. The van der Waals surface area contributed by atoms with Crippen molar-refractivity contribution >= 4 is 0 Å². The van der Waals surface area contributed by atoms with E-state index in [0.717, 1.165) is 31.6 Å². The maximum atomic E-state index is 4.47. The number of hydrogen-bond acceptors (Lipinski definition) is 3. The first-order chi connectivity index (χ1) is 9.33. The van der Waals surface area contributed by atoms with Gasteiger partial charge in [0.05, 0.1) is 0 Å². The maximum absolute atomic E-state index is 4.47. The Labute approximate surface area is 114 Å². The van der Waals surface area contributed by atoms with Crippen LogP contribution >= 0.6 is 0 Å². The Kier molecular flexibility index (Phi) is 5.10. The van der Waals surface area contributed by atoms with Crippen LogP contribution in [-0.2, 0) is 19.4 Å². The lowest BCUT2D eigenvalue weighted by Gasteiger charge is -2.16. The molecule has 0 fully saturated rings. The Bertz CT molecular complexity index is 478. The van der Waals surface area contributed by atoms with Crippen molar-refractivity contribution in [3.8, 4) is 0 Å². The van der Waals surface area contributed by atoms with Gasteiger partial charge in [-0.2, -0.15) is 0 Å². The highest BCUT2D eigenvalue weighted by Gasteiger charge is 2.12. The van der Waals surface area contributed by atoms with E-state index in [-0.39, 0.29) is 0 Å². The second-order valence-corrected chi connectivity index (χ2v) is 4.79. The summed E-state index contributed by atoms with van der Waals surface area (Å²) in [6, 6.07) is 4.50. The Balaban J connectivity index is 2.00. The van der Waals surface area contributed by atoms with Crippen LogP contribution in [0.25, 0.3) is 0 Å². The highest BCUT2D eigenvalue weighted by molar-refractivity contribution is 5.11. The Morgan fingerprint density at radius 1 is 1.32 bits per heavy atom. The number of nitrogens with zero attached hydrogens (tertiary/aromatic N) is 3. The van der Waals surface area contributed by atoms with Crippen LogP contribution in [0.3, 0.4) is 0 Å². The van der Waals surface area contributed by atoms with Crippen molar-refractivity contribution in [2.75, 3.05) is 7.05 Å². The number of imidazole rings is 1. The van der Waals surface area contributed by atoms with Gasteiger partial charge in [0, 0.05) is 43.8 Å². The summed E-state index contributed by atoms with van der Waals surface area (Å²) in [6.45, 7) is 3.23. The van der Waals surface area contributed by atoms with Gasteiger partial charge >= 0.3 is 0 Å². The average Bonchev–Trinajstić information content (AvgIpc) is 2.87. The zero-order valence-electron chi connectivity index (χ0n) is 11.7. The van der Waals surface area contributed by atoms with Gasteiger partial charge in [-0.1, -0.05) is 13.0 Å².